The Morgan fingerprint density at radius 3 is 1.91 bits per heavy atom. The number of rotatable bonds is 20. The van der Waals surface area contributed by atoms with Gasteiger partial charge in [0.15, 0.2) is 14.5 Å². The fourth-order valence-electron chi connectivity index (χ4n) is 8.78. The van der Waals surface area contributed by atoms with Crippen molar-refractivity contribution in [3.05, 3.63) is 154 Å². The van der Waals surface area contributed by atoms with E-state index in [2.05, 4.69) is 37.1 Å². The zero-order chi connectivity index (χ0) is 51.2. The van der Waals surface area contributed by atoms with Gasteiger partial charge in [0.1, 0.15) is 41.2 Å². The van der Waals surface area contributed by atoms with Crippen LogP contribution in [0.25, 0.3) is 0 Å². The summed E-state index contributed by atoms with van der Waals surface area (Å²) in [5, 5.41) is 12.0. The molecule has 0 aliphatic carbocycles. The summed E-state index contributed by atoms with van der Waals surface area (Å²) in [5.41, 5.74) is -0.0649. The number of aryl methyl sites for hydroxylation is 1. The molecule has 1 saturated heterocycles. The molecule has 5 aromatic rings. The maximum Gasteiger partial charge on any atom is 0.406 e. The third-order valence-corrected chi connectivity index (χ3v) is 19.9. The molecule has 2 N–H and O–H groups in total. The second kappa shape index (κ2) is 21.9. The predicted octanol–water partition coefficient (Wildman–Crippen LogP) is 10.4. The van der Waals surface area contributed by atoms with Crippen LogP contribution in [0.5, 0.6) is 11.5 Å². The number of hydrogen-bond donors (Lipinski definition) is 2. The molecule has 374 valence electrons. The molecule has 1 aliphatic heterocycles. The highest BCUT2D eigenvalue weighted by Crippen LogP contribution is 2.57. The van der Waals surface area contributed by atoms with Crippen LogP contribution >= 0.6 is 7.75 Å². The van der Waals surface area contributed by atoms with Crippen LogP contribution in [0.2, 0.25) is 18.1 Å². The fraction of sp³-hybridized carbons (Fsp3) is 0.434. The Bertz CT molecular complexity index is 2660. The fourth-order valence-corrected chi connectivity index (χ4v) is 12.1. The van der Waals surface area contributed by atoms with Crippen LogP contribution in [-0.4, -0.2) is 84.1 Å². The van der Waals surface area contributed by atoms with Crippen molar-refractivity contribution < 1.29 is 42.2 Å². The number of amides is 1. The molecule has 1 amide bonds. The number of carbonyl (C=O) groups excluding carboxylic acids is 1. The van der Waals surface area contributed by atoms with Crippen LogP contribution in [0.3, 0.4) is 0 Å². The number of ether oxygens (including phenoxy) is 4. The molecule has 5 atom stereocenters. The standard InChI is InChI=1S/C53H68N5O10PSi/c1-36(2)58(52(7,8)32-19-33-54)69(61,62)67-45-44(35-65-53(39-22-17-14-18-23-39,40-24-28-42(63-9)29-25-40)41-26-30-43(64-10)31-27-41)66-49(46(45)68-70(11,12)51(4,5)6)57-34-37(3)47(56-50(57)60)55-48(59)38-20-15-13-16-21-38/h13-18,20-31,34,36,44-46,49H,19,32,35H2,1-12H3,(H,61,62)(H,55,56,59,60)/t44-,45-,46-,49-/m1/s1. The van der Waals surface area contributed by atoms with Crippen LogP contribution < -0.4 is 20.5 Å². The minimum atomic E-state index is -4.85. The smallest absolute Gasteiger partial charge is 0.406 e. The van der Waals surface area contributed by atoms with Crippen LogP contribution in [0, 0.1) is 18.3 Å². The molecule has 0 saturated carbocycles. The van der Waals surface area contributed by atoms with Gasteiger partial charge >= 0.3 is 13.4 Å². The third kappa shape index (κ3) is 11.7. The molecular weight excluding hydrogens is 926 g/mol. The molecule has 70 heavy (non-hydrogen) atoms. The van der Waals surface area contributed by atoms with Crippen molar-refractivity contribution >= 4 is 27.8 Å². The molecule has 0 radical (unpaired) electrons. The van der Waals surface area contributed by atoms with Gasteiger partial charge in [0.05, 0.1) is 26.9 Å². The minimum Gasteiger partial charge on any atom is -0.497 e. The average Bonchev–Trinajstić information content (AvgIpc) is 3.63. The summed E-state index contributed by atoms with van der Waals surface area (Å²) in [5.74, 6) is 0.874. The summed E-state index contributed by atoms with van der Waals surface area (Å²) in [7, 11) is -4.54. The Morgan fingerprint density at radius 1 is 0.886 bits per heavy atom. The second-order valence-electron chi connectivity index (χ2n) is 20.0. The zero-order valence-corrected chi connectivity index (χ0v) is 44.2. The molecule has 0 bridgehead atoms. The molecule has 0 spiro atoms. The maximum atomic E-state index is 15.3. The highest BCUT2D eigenvalue weighted by atomic mass is 31.2. The van der Waals surface area contributed by atoms with Gasteiger partial charge in [-0.25, -0.2) is 14.0 Å². The average molecular weight is 994 g/mol. The van der Waals surface area contributed by atoms with Crippen molar-refractivity contribution in [2.24, 2.45) is 0 Å². The van der Waals surface area contributed by atoms with E-state index in [-0.39, 0.29) is 25.3 Å². The van der Waals surface area contributed by atoms with Crippen molar-refractivity contribution in [1.29, 1.82) is 5.26 Å². The summed E-state index contributed by atoms with van der Waals surface area (Å²) < 4.78 is 57.5. The number of nitrogens with one attached hydrogen (secondary N) is 1. The number of aromatic nitrogens is 2. The normalized spacial score (nSPS) is 18.6. The van der Waals surface area contributed by atoms with E-state index in [1.807, 2.05) is 92.0 Å². The Labute approximate surface area is 413 Å². The molecule has 15 nitrogen and oxygen atoms in total. The molecule has 4 aromatic carbocycles. The maximum absolute atomic E-state index is 15.3. The van der Waals surface area contributed by atoms with Crippen LogP contribution in [0.1, 0.15) is 100 Å². The minimum absolute atomic E-state index is 0.0568. The van der Waals surface area contributed by atoms with E-state index in [4.69, 9.17) is 27.9 Å². The molecule has 2 heterocycles. The van der Waals surface area contributed by atoms with Gasteiger partial charge in [-0.1, -0.05) is 93.6 Å². The van der Waals surface area contributed by atoms with E-state index in [1.54, 1.807) is 79.2 Å². The molecular formula is C53H68N5O10PSi. The van der Waals surface area contributed by atoms with Gasteiger partial charge in [-0.05, 0) is 112 Å². The first kappa shape index (κ1) is 53.9. The van der Waals surface area contributed by atoms with E-state index >= 15 is 4.57 Å². The van der Waals surface area contributed by atoms with E-state index in [9.17, 15) is 19.7 Å². The number of nitrogens with zero attached hydrogens (tertiary/aromatic N) is 4. The molecule has 1 fully saturated rings. The van der Waals surface area contributed by atoms with Crippen molar-refractivity contribution in [1.82, 2.24) is 14.2 Å². The van der Waals surface area contributed by atoms with E-state index in [0.717, 1.165) is 16.7 Å². The molecule has 6 rings (SSSR count). The summed E-state index contributed by atoms with van der Waals surface area (Å²) in [6, 6.07) is 35.0. The van der Waals surface area contributed by atoms with Gasteiger partial charge in [0.25, 0.3) is 5.91 Å². The summed E-state index contributed by atoms with van der Waals surface area (Å²) in [6.45, 7) is 18.9. The lowest BCUT2D eigenvalue weighted by atomic mass is 9.80. The first-order valence-electron chi connectivity index (χ1n) is 23.5. The molecule has 17 heteroatoms. The number of nitriles is 1. The van der Waals surface area contributed by atoms with Gasteiger partial charge in [-0.15, -0.1) is 0 Å². The first-order chi connectivity index (χ1) is 33.0. The Hall–Kier alpha value is -5.47. The molecule has 1 aromatic heterocycles. The van der Waals surface area contributed by atoms with Gasteiger partial charge < -0.3 is 33.6 Å². The third-order valence-electron chi connectivity index (χ3n) is 13.3. The Balaban J connectivity index is 1.56. The predicted molar refractivity (Wildman–Crippen MR) is 272 cm³/mol. The quantitative estimate of drug-likeness (QED) is 0.0427. The number of hydrogen-bond acceptors (Lipinski definition) is 11. The van der Waals surface area contributed by atoms with E-state index < -0.39 is 74.4 Å². The summed E-state index contributed by atoms with van der Waals surface area (Å²) >= 11 is 0. The van der Waals surface area contributed by atoms with Gasteiger partial charge in [0.2, 0.25) is 0 Å². The zero-order valence-electron chi connectivity index (χ0n) is 42.3. The summed E-state index contributed by atoms with van der Waals surface area (Å²) in [4.78, 5) is 44.5. The lowest BCUT2D eigenvalue weighted by molar-refractivity contribution is -0.0951. The SMILES string of the molecule is COc1ccc(C(OC[C@H]2O[C@@H](n3cc(C)c(NC(=O)c4ccccc4)nc3=O)[C@H](O[Si](C)(C)C(C)(C)C)[C@@H]2OP(=O)(O)N(C(C)C)C(C)(C)CCC#N)(c2ccccc2)c2ccc(OC)cc2)cc1. The Kier molecular flexibility index (Phi) is 16.8. The van der Waals surface area contributed by atoms with Crippen LogP contribution in [0.15, 0.2) is 120 Å². The van der Waals surface area contributed by atoms with Crippen LogP contribution in [0.4, 0.5) is 5.82 Å². The number of methoxy groups -OCH3 is 2. The lowest BCUT2D eigenvalue weighted by Crippen LogP contribution is -2.51. The van der Waals surface area contributed by atoms with Crippen molar-refractivity contribution in [3.8, 4) is 17.6 Å². The lowest BCUT2D eigenvalue weighted by Gasteiger charge is -2.44. The monoisotopic (exact) mass is 993 g/mol. The number of carbonyl (C=O) groups is 1. The van der Waals surface area contributed by atoms with E-state index in [1.165, 1.54) is 15.4 Å². The molecule has 1 aliphatic rings. The number of anilines is 1. The Morgan fingerprint density at radius 2 is 1.41 bits per heavy atom. The highest BCUT2D eigenvalue weighted by Gasteiger charge is 2.56. The van der Waals surface area contributed by atoms with E-state index in [0.29, 0.717) is 22.6 Å². The van der Waals surface area contributed by atoms with Crippen molar-refractivity contribution in [3.63, 3.8) is 0 Å². The topological polar surface area (TPSA) is 184 Å². The number of benzene rings is 4. The van der Waals surface area contributed by atoms with Gasteiger partial charge in [0, 0.05) is 35.3 Å². The van der Waals surface area contributed by atoms with Crippen molar-refractivity contribution in [2.45, 2.75) is 128 Å². The van der Waals surface area contributed by atoms with Crippen molar-refractivity contribution in [2.75, 3.05) is 26.1 Å². The summed E-state index contributed by atoms with van der Waals surface area (Å²) in [6.07, 6.45) is -3.06. The van der Waals surface area contributed by atoms with Gasteiger partial charge in [-0.2, -0.15) is 10.2 Å². The first-order valence-corrected chi connectivity index (χ1v) is 27.9. The largest absolute Gasteiger partial charge is 0.497 e. The van der Waals surface area contributed by atoms with Crippen LogP contribution in [-0.2, 0) is 28.6 Å². The molecule has 1 unspecified atom stereocenters. The van der Waals surface area contributed by atoms with Gasteiger partial charge in [-0.3, -0.25) is 13.9 Å². The highest BCUT2D eigenvalue weighted by molar-refractivity contribution is 7.50. The second-order valence-corrected chi connectivity index (χ2v) is 26.4.